The first kappa shape index (κ1) is 15.7. The van der Waals surface area contributed by atoms with E-state index >= 15 is 0 Å². The quantitative estimate of drug-likeness (QED) is 0.577. The molecule has 1 heterocycles. The molecule has 1 N–H and O–H groups in total. The summed E-state index contributed by atoms with van der Waals surface area (Å²) >= 11 is 0. The van der Waals surface area contributed by atoms with Crippen LogP contribution in [0.3, 0.4) is 0 Å². The Morgan fingerprint density at radius 3 is 2.38 bits per heavy atom. The molecule has 0 unspecified atom stereocenters. The molecule has 0 saturated carbocycles. The van der Waals surface area contributed by atoms with Gasteiger partial charge in [0.2, 0.25) is 0 Å². The average molecular weight is 321 g/mol. The SMILES string of the molecule is C/C(=N/NC(=O)c1ccccc1-n1cccc1)c1ccc(F)cc1. The predicted octanol–water partition coefficient (Wildman–Crippen LogP) is 3.77. The van der Waals surface area contributed by atoms with Crippen LogP contribution in [0.15, 0.2) is 78.2 Å². The van der Waals surface area contributed by atoms with E-state index in [2.05, 4.69) is 10.5 Å². The van der Waals surface area contributed by atoms with Crippen LogP contribution in [0.4, 0.5) is 4.39 Å². The highest BCUT2D eigenvalue weighted by Gasteiger charge is 2.11. The van der Waals surface area contributed by atoms with Gasteiger partial charge in [0.25, 0.3) is 5.91 Å². The Morgan fingerprint density at radius 1 is 1.00 bits per heavy atom. The van der Waals surface area contributed by atoms with Gasteiger partial charge in [-0.25, -0.2) is 9.82 Å². The molecule has 0 aliphatic rings. The standard InChI is InChI=1S/C19H16FN3O/c1-14(15-8-10-16(20)11-9-15)21-22-19(24)17-6-2-3-7-18(17)23-12-4-5-13-23/h2-13H,1H3,(H,22,24)/b21-14-. The Hall–Kier alpha value is -3.21. The van der Waals surface area contributed by atoms with Gasteiger partial charge in [0.1, 0.15) is 5.82 Å². The molecule has 0 spiro atoms. The number of hydrazone groups is 1. The van der Waals surface area contributed by atoms with Crippen molar-refractivity contribution in [2.24, 2.45) is 5.10 Å². The normalized spacial score (nSPS) is 11.3. The molecular weight excluding hydrogens is 305 g/mol. The van der Waals surface area contributed by atoms with Gasteiger partial charge in [-0.2, -0.15) is 5.10 Å². The Balaban J connectivity index is 1.81. The lowest BCUT2D eigenvalue weighted by Crippen LogP contribution is -2.21. The van der Waals surface area contributed by atoms with E-state index in [1.807, 2.05) is 41.2 Å². The summed E-state index contributed by atoms with van der Waals surface area (Å²) in [5, 5.41) is 4.11. The lowest BCUT2D eigenvalue weighted by atomic mass is 10.1. The summed E-state index contributed by atoms with van der Waals surface area (Å²) in [5.74, 6) is -0.614. The van der Waals surface area contributed by atoms with Crippen molar-refractivity contribution in [2.75, 3.05) is 0 Å². The lowest BCUT2D eigenvalue weighted by molar-refractivity contribution is 0.0955. The van der Waals surface area contributed by atoms with Gasteiger partial charge in [0, 0.05) is 12.4 Å². The van der Waals surface area contributed by atoms with Gasteiger partial charge in [-0.3, -0.25) is 4.79 Å². The zero-order chi connectivity index (χ0) is 16.9. The fraction of sp³-hybridized carbons (Fsp3) is 0.0526. The Labute approximate surface area is 139 Å². The molecule has 0 bridgehead atoms. The van der Waals surface area contributed by atoms with E-state index in [4.69, 9.17) is 0 Å². The fourth-order valence-corrected chi connectivity index (χ4v) is 2.34. The third kappa shape index (κ3) is 3.41. The molecule has 4 nitrogen and oxygen atoms in total. The second-order valence-electron chi connectivity index (χ2n) is 5.25. The summed E-state index contributed by atoms with van der Waals surface area (Å²) in [5.41, 5.74) is 5.19. The smallest absolute Gasteiger partial charge is 0.273 e. The number of halogens is 1. The summed E-state index contributed by atoms with van der Waals surface area (Å²) in [6.45, 7) is 1.76. The van der Waals surface area contributed by atoms with Crippen molar-refractivity contribution in [3.63, 3.8) is 0 Å². The highest BCUT2D eigenvalue weighted by atomic mass is 19.1. The molecule has 0 atom stereocenters. The minimum Gasteiger partial charge on any atom is -0.323 e. The molecule has 3 aromatic rings. The van der Waals surface area contributed by atoms with Crippen LogP contribution in [0.1, 0.15) is 22.8 Å². The van der Waals surface area contributed by atoms with Gasteiger partial charge in [-0.1, -0.05) is 24.3 Å². The van der Waals surface area contributed by atoms with Crippen LogP contribution in [-0.2, 0) is 0 Å². The van der Waals surface area contributed by atoms with E-state index in [0.29, 0.717) is 11.3 Å². The number of hydrogen-bond acceptors (Lipinski definition) is 2. The van der Waals surface area contributed by atoms with Crippen molar-refractivity contribution >= 4 is 11.6 Å². The second-order valence-corrected chi connectivity index (χ2v) is 5.25. The molecule has 0 aliphatic heterocycles. The van der Waals surface area contributed by atoms with E-state index in [-0.39, 0.29) is 11.7 Å². The van der Waals surface area contributed by atoms with Crippen molar-refractivity contribution in [3.8, 4) is 5.69 Å². The van der Waals surface area contributed by atoms with E-state index in [0.717, 1.165) is 11.3 Å². The van der Waals surface area contributed by atoms with Crippen LogP contribution < -0.4 is 5.43 Å². The van der Waals surface area contributed by atoms with E-state index in [1.54, 1.807) is 31.2 Å². The summed E-state index contributed by atoms with van der Waals surface area (Å²) in [7, 11) is 0. The van der Waals surface area contributed by atoms with E-state index in [9.17, 15) is 9.18 Å². The van der Waals surface area contributed by atoms with Gasteiger partial charge >= 0.3 is 0 Å². The summed E-state index contributed by atoms with van der Waals surface area (Å²) in [6, 6.07) is 17.0. The molecule has 0 saturated heterocycles. The van der Waals surface area contributed by atoms with Gasteiger partial charge in [0.05, 0.1) is 17.0 Å². The summed E-state index contributed by atoms with van der Waals surface area (Å²) in [6.07, 6.45) is 3.75. The molecule has 3 rings (SSSR count). The van der Waals surface area contributed by atoms with Gasteiger partial charge < -0.3 is 4.57 Å². The molecule has 120 valence electrons. The zero-order valence-corrected chi connectivity index (χ0v) is 13.1. The zero-order valence-electron chi connectivity index (χ0n) is 13.1. The maximum absolute atomic E-state index is 13.0. The summed E-state index contributed by atoms with van der Waals surface area (Å²) < 4.78 is 14.8. The number of nitrogens with one attached hydrogen (secondary N) is 1. The molecule has 0 radical (unpaired) electrons. The maximum atomic E-state index is 13.0. The first-order valence-electron chi connectivity index (χ1n) is 7.48. The molecule has 24 heavy (non-hydrogen) atoms. The van der Waals surface area contributed by atoms with Crippen LogP contribution >= 0.6 is 0 Å². The van der Waals surface area contributed by atoms with Gasteiger partial charge in [0.15, 0.2) is 0 Å². The number of para-hydroxylation sites is 1. The van der Waals surface area contributed by atoms with Crippen molar-refractivity contribution < 1.29 is 9.18 Å². The molecule has 1 aromatic heterocycles. The first-order valence-corrected chi connectivity index (χ1v) is 7.48. The first-order chi connectivity index (χ1) is 11.6. The Kier molecular flexibility index (Phi) is 4.52. The van der Waals surface area contributed by atoms with Crippen molar-refractivity contribution in [1.82, 2.24) is 9.99 Å². The van der Waals surface area contributed by atoms with Crippen LogP contribution in [0, 0.1) is 5.82 Å². The van der Waals surface area contributed by atoms with Crippen LogP contribution in [0.5, 0.6) is 0 Å². The Morgan fingerprint density at radius 2 is 1.67 bits per heavy atom. The second kappa shape index (κ2) is 6.91. The van der Waals surface area contributed by atoms with Crippen molar-refractivity contribution in [2.45, 2.75) is 6.92 Å². The van der Waals surface area contributed by atoms with E-state index in [1.165, 1.54) is 12.1 Å². The number of hydrogen-bond donors (Lipinski definition) is 1. The third-order valence-corrected chi connectivity index (χ3v) is 3.62. The number of aromatic nitrogens is 1. The monoisotopic (exact) mass is 321 g/mol. The molecule has 1 amide bonds. The lowest BCUT2D eigenvalue weighted by Gasteiger charge is -2.09. The number of carbonyl (C=O) groups is 1. The number of nitrogens with zero attached hydrogens (tertiary/aromatic N) is 2. The van der Waals surface area contributed by atoms with Crippen molar-refractivity contribution in [1.29, 1.82) is 0 Å². The highest BCUT2D eigenvalue weighted by Crippen LogP contribution is 2.14. The van der Waals surface area contributed by atoms with Crippen LogP contribution in [0.25, 0.3) is 5.69 Å². The maximum Gasteiger partial charge on any atom is 0.273 e. The van der Waals surface area contributed by atoms with Crippen LogP contribution in [-0.4, -0.2) is 16.2 Å². The largest absolute Gasteiger partial charge is 0.323 e. The fourth-order valence-electron chi connectivity index (χ4n) is 2.34. The number of carbonyl (C=O) groups excluding carboxylic acids is 1. The average Bonchev–Trinajstić information content (AvgIpc) is 3.14. The number of amides is 1. The molecule has 2 aromatic carbocycles. The molecular formula is C19H16FN3O. The predicted molar refractivity (Wildman–Crippen MR) is 91.8 cm³/mol. The molecule has 0 fully saturated rings. The minimum atomic E-state index is -0.309. The third-order valence-electron chi connectivity index (χ3n) is 3.62. The van der Waals surface area contributed by atoms with Gasteiger partial charge in [-0.05, 0) is 48.9 Å². The van der Waals surface area contributed by atoms with Gasteiger partial charge in [-0.15, -0.1) is 0 Å². The van der Waals surface area contributed by atoms with E-state index < -0.39 is 0 Å². The molecule has 5 heteroatoms. The minimum absolute atomic E-state index is 0.305. The summed E-state index contributed by atoms with van der Waals surface area (Å²) in [4.78, 5) is 12.5. The Bertz CT molecular complexity index is 868. The van der Waals surface area contributed by atoms with Crippen LogP contribution in [0.2, 0.25) is 0 Å². The highest BCUT2D eigenvalue weighted by molar-refractivity contribution is 6.01. The molecule has 0 aliphatic carbocycles. The van der Waals surface area contributed by atoms with Crippen molar-refractivity contribution in [3.05, 3.63) is 90.0 Å². The topological polar surface area (TPSA) is 46.4 Å². The number of rotatable bonds is 4. The number of benzene rings is 2.